The molecule has 188 valence electrons. The van der Waals surface area contributed by atoms with Crippen molar-refractivity contribution in [2.75, 3.05) is 18.0 Å². The van der Waals surface area contributed by atoms with Crippen molar-refractivity contribution >= 4 is 22.4 Å². The number of fused-ring (bicyclic) bond motifs is 1. The molecule has 4 aromatic rings. The fourth-order valence-electron chi connectivity index (χ4n) is 7.02. The van der Waals surface area contributed by atoms with Crippen LogP contribution in [0.15, 0.2) is 67.0 Å². The molecular weight excluding hydrogens is 462 g/mol. The summed E-state index contributed by atoms with van der Waals surface area (Å²) < 4.78 is 1.76. The molecule has 3 atom stereocenters. The molecule has 3 aliphatic rings. The summed E-state index contributed by atoms with van der Waals surface area (Å²) in [5.41, 5.74) is 3.67. The zero-order valence-electron chi connectivity index (χ0n) is 21.2. The molecule has 1 saturated heterocycles. The van der Waals surface area contributed by atoms with Crippen LogP contribution >= 0.6 is 0 Å². The average molecular weight is 494 g/mol. The van der Waals surface area contributed by atoms with E-state index in [2.05, 4.69) is 62.3 Å². The van der Waals surface area contributed by atoms with Gasteiger partial charge in [0.2, 0.25) is 5.91 Å². The third-order valence-electron chi connectivity index (χ3n) is 8.93. The van der Waals surface area contributed by atoms with Crippen LogP contribution in [0, 0.1) is 0 Å². The van der Waals surface area contributed by atoms with Crippen molar-refractivity contribution in [3.05, 3.63) is 89.5 Å². The summed E-state index contributed by atoms with van der Waals surface area (Å²) in [6.07, 6.45) is 3.28. The Labute approximate surface area is 216 Å². The van der Waals surface area contributed by atoms with E-state index in [-0.39, 0.29) is 18.0 Å². The highest BCUT2D eigenvalue weighted by molar-refractivity contribution is 6.08. The second-order valence-corrected chi connectivity index (χ2v) is 11.0. The van der Waals surface area contributed by atoms with Crippen LogP contribution in [0.2, 0.25) is 0 Å². The zero-order chi connectivity index (χ0) is 25.3. The Balaban J connectivity index is 1.15. The molecule has 3 unspecified atom stereocenters. The number of rotatable bonds is 4. The minimum Gasteiger partial charge on any atom is -0.386 e. The lowest BCUT2D eigenvalue weighted by molar-refractivity contribution is -0.123. The van der Waals surface area contributed by atoms with Gasteiger partial charge in [0.1, 0.15) is 12.2 Å². The van der Waals surface area contributed by atoms with Gasteiger partial charge < -0.3 is 10.0 Å². The molecule has 1 fully saturated rings. The first-order chi connectivity index (χ1) is 18.0. The van der Waals surface area contributed by atoms with Crippen LogP contribution in [-0.4, -0.2) is 49.8 Å². The van der Waals surface area contributed by atoms with Crippen molar-refractivity contribution in [1.29, 1.82) is 0 Å². The Bertz CT molecular complexity index is 1520. The number of amides is 1. The lowest BCUT2D eigenvalue weighted by atomic mass is 9.80. The van der Waals surface area contributed by atoms with E-state index >= 15 is 0 Å². The van der Waals surface area contributed by atoms with E-state index in [0.717, 1.165) is 48.6 Å². The van der Waals surface area contributed by atoms with Crippen LogP contribution < -0.4 is 4.90 Å². The van der Waals surface area contributed by atoms with Crippen molar-refractivity contribution in [3.8, 4) is 0 Å². The van der Waals surface area contributed by atoms with Gasteiger partial charge in [0, 0.05) is 38.3 Å². The first-order valence-electron chi connectivity index (χ1n) is 13.2. The molecule has 1 aliphatic carbocycles. The molecule has 1 amide bonds. The third-order valence-corrected chi connectivity index (χ3v) is 8.93. The first kappa shape index (κ1) is 22.6. The molecule has 3 heterocycles. The molecule has 0 saturated carbocycles. The Morgan fingerprint density at radius 2 is 1.73 bits per heavy atom. The van der Waals surface area contributed by atoms with Gasteiger partial charge in [-0.1, -0.05) is 54.6 Å². The number of benzene rings is 3. The van der Waals surface area contributed by atoms with Gasteiger partial charge in [0.05, 0.1) is 17.6 Å². The maximum Gasteiger partial charge on any atom is 0.238 e. The Morgan fingerprint density at radius 3 is 2.46 bits per heavy atom. The summed E-state index contributed by atoms with van der Waals surface area (Å²) in [7, 11) is 1.88. The minimum absolute atomic E-state index is 0.0372. The summed E-state index contributed by atoms with van der Waals surface area (Å²) in [6.45, 7) is 3.72. The number of aryl methyl sites for hydroxylation is 1. The fourth-order valence-corrected chi connectivity index (χ4v) is 7.02. The number of nitrogens with zero attached hydrogens (tertiary/aromatic N) is 5. The highest BCUT2D eigenvalue weighted by atomic mass is 16.3. The number of piperidine rings is 1. The Morgan fingerprint density at radius 1 is 1.00 bits per heavy atom. The SMILES string of the molecule is Cn1ncnc1CC1(C)C(=O)N(C2CCN(C3c4cccc5cccc(c45)C3O)CC2)c2ccccc21. The topological polar surface area (TPSA) is 74.5 Å². The number of aliphatic hydroxyl groups is 1. The molecular formula is C30H31N5O2. The van der Waals surface area contributed by atoms with Gasteiger partial charge in [-0.05, 0) is 53.3 Å². The van der Waals surface area contributed by atoms with E-state index < -0.39 is 11.5 Å². The Kier molecular flexibility index (Phi) is 5.03. The molecule has 3 aromatic carbocycles. The molecule has 7 rings (SSSR count). The minimum atomic E-state index is -0.673. The largest absolute Gasteiger partial charge is 0.386 e. The van der Waals surface area contributed by atoms with E-state index in [0.29, 0.717) is 6.42 Å². The normalized spacial score (nSPS) is 25.8. The summed E-state index contributed by atoms with van der Waals surface area (Å²) >= 11 is 0. The van der Waals surface area contributed by atoms with Crippen molar-refractivity contribution < 1.29 is 9.90 Å². The van der Waals surface area contributed by atoms with Crippen LogP contribution in [0.25, 0.3) is 10.8 Å². The maximum atomic E-state index is 14.1. The van der Waals surface area contributed by atoms with Crippen molar-refractivity contribution in [1.82, 2.24) is 19.7 Å². The molecule has 7 heteroatoms. The molecule has 1 N–H and O–H groups in total. The van der Waals surface area contributed by atoms with Crippen molar-refractivity contribution in [2.24, 2.45) is 7.05 Å². The van der Waals surface area contributed by atoms with Gasteiger partial charge in [0.25, 0.3) is 0 Å². The third kappa shape index (κ3) is 3.23. The highest BCUT2D eigenvalue weighted by Crippen LogP contribution is 2.49. The van der Waals surface area contributed by atoms with Gasteiger partial charge in [-0.3, -0.25) is 14.4 Å². The van der Waals surface area contributed by atoms with Gasteiger partial charge in [-0.25, -0.2) is 4.98 Å². The zero-order valence-corrected chi connectivity index (χ0v) is 21.2. The second kappa shape index (κ2) is 8.23. The number of aromatic nitrogens is 3. The van der Waals surface area contributed by atoms with Crippen LogP contribution in [0.3, 0.4) is 0 Å². The predicted octanol–water partition coefficient (Wildman–Crippen LogP) is 4.07. The maximum absolute atomic E-state index is 14.1. The summed E-state index contributed by atoms with van der Waals surface area (Å²) in [6, 6.07) is 20.9. The number of likely N-dealkylation sites (tertiary alicyclic amines) is 1. The van der Waals surface area contributed by atoms with Crippen molar-refractivity contribution in [2.45, 2.75) is 49.8 Å². The van der Waals surface area contributed by atoms with Crippen LogP contribution in [0.1, 0.15) is 54.4 Å². The van der Waals surface area contributed by atoms with Gasteiger partial charge in [-0.2, -0.15) is 5.10 Å². The quantitative estimate of drug-likeness (QED) is 0.464. The Hall–Kier alpha value is -3.55. The average Bonchev–Trinajstić information content (AvgIpc) is 3.52. The molecule has 1 aromatic heterocycles. The van der Waals surface area contributed by atoms with E-state index in [9.17, 15) is 9.90 Å². The monoisotopic (exact) mass is 493 g/mol. The number of carbonyl (C=O) groups excluding carboxylic acids is 1. The molecule has 2 aliphatic heterocycles. The van der Waals surface area contributed by atoms with E-state index in [1.54, 1.807) is 11.0 Å². The number of anilines is 1. The fraction of sp³-hybridized carbons (Fsp3) is 0.367. The molecule has 37 heavy (non-hydrogen) atoms. The van der Waals surface area contributed by atoms with Gasteiger partial charge >= 0.3 is 0 Å². The van der Waals surface area contributed by atoms with Gasteiger partial charge in [0.15, 0.2) is 0 Å². The lowest BCUT2D eigenvalue weighted by Crippen LogP contribution is -2.50. The first-order valence-corrected chi connectivity index (χ1v) is 13.2. The van der Waals surface area contributed by atoms with Crippen LogP contribution in [-0.2, 0) is 23.7 Å². The molecule has 0 spiro atoms. The second-order valence-electron chi connectivity index (χ2n) is 11.0. The van der Waals surface area contributed by atoms with Crippen molar-refractivity contribution in [3.63, 3.8) is 0 Å². The number of hydrogen-bond acceptors (Lipinski definition) is 5. The summed E-state index contributed by atoms with van der Waals surface area (Å²) in [5.74, 6) is 0.958. The smallest absolute Gasteiger partial charge is 0.238 e. The van der Waals surface area contributed by atoms with E-state index in [1.165, 1.54) is 16.3 Å². The van der Waals surface area contributed by atoms with Crippen LogP contribution in [0.5, 0.6) is 0 Å². The number of carbonyl (C=O) groups is 1. The number of aliphatic hydroxyl groups excluding tert-OH is 1. The van der Waals surface area contributed by atoms with Gasteiger partial charge in [-0.15, -0.1) is 0 Å². The van der Waals surface area contributed by atoms with E-state index in [4.69, 9.17) is 0 Å². The molecule has 0 radical (unpaired) electrons. The molecule has 0 bridgehead atoms. The lowest BCUT2D eigenvalue weighted by Gasteiger charge is -2.41. The number of para-hydroxylation sites is 1. The highest BCUT2D eigenvalue weighted by Gasteiger charge is 2.50. The predicted molar refractivity (Wildman–Crippen MR) is 142 cm³/mol. The summed E-state index contributed by atoms with van der Waals surface area (Å²) in [4.78, 5) is 23.0. The standard InChI is InChI=1S/C30H31N5O2/c1-30(17-25-31-18-32-33(25)2)23-11-3-4-12-24(23)35(29(30)37)20-13-15-34(16-14-20)27-21-9-5-7-19-8-6-10-22(26(19)21)28(27)36/h3-12,18,20,27-28,36H,13-17H2,1-2H3. The summed E-state index contributed by atoms with van der Waals surface area (Å²) in [5, 5.41) is 17.9. The number of hydrogen-bond donors (Lipinski definition) is 1. The van der Waals surface area contributed by atoms with Crippen LogP contribution in [0.4, 0.5) is 5.69 Å². The molecule has 7 nitrogen and oxygen atoms in total. The van der Waals surface area contributed by atoms with E-state index in [1.807, 2.05) is 32.2 Å².